The van der Waals surface area contributed by atoms with Gasteiger partial charge in [-0.1, -0.05) is 0 Å². The van der Waals surface area contributed by atoms with Gasteiger partial charge in [0.05, 0.1) is 55.9 Å². The van der Waals surface area contributed by atoms with Gasteiger partial charge in [-0.3, -0.25) is 4.79 Å². The molecule has 324 valence electrons. The van der Waals surface area contributed by atoms with Crippen molar-refractivity contribution in [3.8, 4) is 0 Å². The maximum absolute atomic E-state index is 11.4. The molecule has 0 radical (unpaired) electrons. The highest BCUT2D eigenvalue weighted by atomic mass is 16.8. The first-order valence-corrected chi connectivity index (χ1v) is 18.9. The van der Waals surface area contributed by atoms with Crippen molar-refractivity contribution in [1.29, 1.82) is 0 Å². The molecule has 0 amide bonds. The highest BCUT2D eigenvalue weighted by Gasteiger charge is 2.56. The van der Waals surface area contributed by atoms with E-state index in [4.69, 9.17) is 37.9 Å². The molecule has 6 rings (SSSR count). The number of carbonyl (C=O) groups excluding carboxylic acids is 1. The van der Waals surface area contributed by atoms with E-state index in [-0.39, 0.29) is 32.1 Å². The van der Waals surface area contributed by atoms with Crippen LogP contribution in [0.3, 0.4) is 0 Å². The molecule has 13 N–H and O–H groups in total. The second kappa shape index (κ2) is 18.5. The average Bonchev–Trinajstić information content (AvgIpc) is 3.15. The molecular weight excluding hydrogens is 760 g/mol. The van der Waals surface area contributed by atoms with E-state index < -0.39 is 172 Å². The lowest BCUT2D eigenvalue weighted by molar-refractivity contribution is -0.373. The Morgan fingerprint density at radius 2 is 1.21 bits per heavy atom. The van der Waals surface area contributed by atoms with Crippen LogP contribution in [-0.2, 0) is 42.7 Å². The van der Waals surface area contributed by atoms with Crippen molar-refractivity contribution in [2.24, 2.45) is 11.8 Å². The number of hydrogen-bond acceptors (Lipinski definition) is 22. The minimum absolute atomic E-state index is 0.00862. The Morgan fingerprint density at radius 1 is 0.589 bits per heavy atom. The largest absolute Gasteiger partial charge is 0.463 e. The van der Waals surface area contributed by atoms with Crippen molar-refractivity contribution in [3.05, 3.63) is 0 Å². The highest BCUT2D eigenvalue weighted by Crippen LogP contribution is 2.45. The first kappa shape index (κ1) is 44.2. The van der Waals surface area contributed by atoms with Gasteiger partial charge in [0.1, 0.15) is 79.9 Å². The fraction of sp³-hybridized carbons (Fsp3) is 0.971. The van der Waals surface area contributed by atoms with Crippen LogP contribution in [0, 0.1) is 11.8 Å². The van der Waals surface area contributed by atoms with Gasteiger partial charge in [-0.25, -0.2) is 0 Å². The molecule has 2 aliphatic carbocycles. The number of hydrogen-bond donors (Lipinski definition) is 13. The minimum Gasteiger partial charge on any atom is -0.463 e. The Labute approximate surface area is 320 Å². The lowest BCUT2D eigenvalue weighted by Gasteiger charge is -2.53. The summed E-state index contributed by atoms with van der Waals surface area (Å²) in [5.74, 6) is -2.07. The lowest BCUT2D eigenvalue weighted by atomic mass is 9.72. The first-order chi connectivity index (χ1) is 26.5. The third-order valence-corrected chi connectivity index (χ3v) is 11.8. The zero-order chi connectivity index (χ0) is 40.7. The van der Waals surface area contributed by atoms with Crippen molar-refractivity contribution in [3.63, 3.8) is 0 Å². The molecule has 22 nitrogen and oxygen atoms in total. The van der Waals surface area contributed by atoms with Crippen molar-refractivity contribution >= 4 is 5.97 Å². The number of carbonyl (C=O) groups is 1. The summed E-state index contributed by atoms with van der Waals surface area (Å²) < 4.78 is 47.0. The predicted octanol–water partition coefficient (Wildman–Crippen LogP) is -7.19. The molecule has 4 saturated heterocycles. The van der Waals surface area contributed by atoms with Gasteiger partial charge in [0.25, 0.3) is 0 Å². The SMILES string of the molecule is CC(=O)OCC1OC(OC2CC(O)CC3OC(C4CC(O)C(O)C(O)C4)C(OC4OC(CO)C(O)C(O)C4OC4OCC(O)C(O)C4O)CC23)C(O)C(O)C1O. The number of aliphatic hydroxyl groups excluding tert-OH is 13. The normalized spacial score (nSPS) is 52.9. The zero-order valence-corrected chi connectivity index (χ0v) is 30.5. The van der Waals surface area contributed by atoms with Crippen LogP contribution < -0.4 is 0 Å². The van der Waals surface area contributed by atoms with Gasteiger partial charge in [0, 0.05) is 19.3 Å². The second-order valence-corrected chi connectivity index (χ2v) is 15.7. The van der Waals surface area contributed by atoms with E-state index in [1.807, 2.05) is 0 Å². The summed E-state index contributed by atoms with van der Waals surface area (Å²) in [7, 11) is 0. The van der Waals surface area contributed by atoms with Crippen LogP contribution in [0.25, 0.3) is 0 Å². The summed E-state index contributed by atoms with van der Waals surface area (Å²) in [5, 5.41) is 137. The van der Waals surface area contributed by atoms with Gasteiger partial charge >= 0.3 is 5.97 Å². The monoisotopic (exact) mass is 816 g/mol. The van der Waals surface area contributed by atoms with Crippen molar-refractivity contribution in [2.45, 2.75) is 174 Å². The van der Waals surface area contributed by atoms with Gasteiger partial charge < -0.3 is 104 Å². The van der Waals surface area contributed by atoms with Crippen molar-refractivity contribution < 1.29 is 109 Å². The maximum atomic E-state index is 11.4. The van der Waals surface area contributed by atoms with E-state index in [1.165, 1.54) is 0 Å². The fourth-order valence-electron chi connectivity index (χ4n) is 8.67. The fourth-order valence-corrected chi connectivity index (χ4v) is 8.67. The summed E-state index contributed by atoms with van der Waals surface area (Å²) in [6.45, 7) is -0.599. The van der Waals surface area contributed by atoms with Gasteiger partial charge in [0.2, 0.25) is 0 Å². The molecule has 22 atom stereocenters. The topological polar surface area (TPSA) is 354 Å². The molecule has 6 fully saturated rings. The number of esters is 1. The van der Waals surface area contributed by atoms with E-state index >= 15 is 0 Å². The molecule has 56 heavy (non-hydrogen) atoms. The molecule has 4 aliphatic heterocycles. The smallest absolute Gasteiger partial charge is 0.302 e. The Bertz CT molecular complexity index is 1270. The predicted molar refractivity (Wildman–Crippen MR) is 176 cm³/mol. The van der Waals surface area contributed by atoms with Crippen LogP contribution in [-0.4, -0.2) is 227 Å². The quantitative estimate of drug-likeness (QED) is 0.0911. The van der Waals surface area contributed by atoms with Crippen LogP contribution in [0.15, 0.2) is 0 Å². The average molecular weight is 817 g/mol. The van der Waals surface area contributed by atoms with Crippen LogP contribution in [0.1, 0.15) is 39.0 Å². The molecule has 0 bridgehead atoms. The van der Waals surface area contributed by atoms with Crippen LogP contribution in [0.2, 0.25) is 0 Å². The van der Waals surface area contributed by atoms with Crippen LogP contribution in [0.4, 0.5) is 0 Å². The number of aliphatic hydroxyl groups is 13. The summed E-state index contributed by atoms with van der Waals surface area (Å²) in [6, 6.07) is 0. The Morgan fingerprint density at radius 3 is 1.88 bits per heavy atom. The summed E-state index contributed by atoms with van der Waals surface area (Å²) in [5.41, 5.74) is 0. The summed E-state index contributed by atoms with van der Waals surface area (Å²) in [4.78, 5) is 11.4. The summed E-state index contributed by atoms with van der Waals surface area (Å²) >= 11 is 0. The highest BCUT2D eigenvalue weighted by molar-refractivity contribution is 5.65. The van der Waals surface area contributed by atoms with Crippen LogP contribution in [0.5, 0.6) is 0 Å². The molecule has 0 aromatic heterocycles. The molecule has 4 heterocycles. The van der Waals surface area contributed by atoms with E-state index in [2.05, 4.69) is 0 Å². The zero-order valence-electron chi connectivity index (χ0n) is 30.5. The van der Waals surface area contributed by atoms with Crippen molar-refractivity contribution in [2.75, 3.05) is 19.8 Å². The lowest BCUT2D eigenvalue weighted by Crippen LogP contribution is -2.65. The van der Waals surface area contributed by atoms with Gasteiger partial charge in [-0.15, -0.1) is 0 Å². The molecule has 6 aliphatic rings. The van der Waals surface area contributed by atoms with E-state index in [0.29, 0.717) is 0 Å². The van der Waals surface area contributed by atoms with Gasteiger partial charge in [-0.05, 0) is 31.6 Å². The van der Waals surface area contributed by atoms with Crippen LogP contribution >= 0.6 is 0 Å². The van der Waals surface area contributed by atoms with E-state index in [9.17, 15) is 71.2 Å². The van der Waals surface area contributed by atoms with Crippen molar-refractivity contribution in [1.82, 2.24) is 0 Å². The Balaban J connectivity index is 1.28. The molecule has 22 unspecified atom stereocenters. The number of rotatable bonds is 10. The minimum atomic E-state index is -1.84. The maximum Gasteiger partial charge on any atom is 0.302 e. The number of ether oxygens (including phenoxy) is 8. The molecular formula is C34H56O22. The third kappa shape index (κ3) is 9.34. The van der Waals surface area contributed by atoms with E-state index in [1.54, 1.807) is 0 Å². The van der Waals surface area contributed by atoms with E-state index in [0.717, 1.165) is 6.92 Å². The first-order valence-electron chi connectivity index (χ1n) is 18.9. The molecule has 22 heteroatoms. The number of fused-ring (bicyclic) bond motifs is 1. The molecule has 0 aromatic carbocycles. The van der Waals surface area contributed by atoms with Gasteiger partial charge in [0.15, 0.2) is 18.9 Å². The molecule has 0 spiro atoms. The van der Waals surface area contributed by atoms with Gasteiger partial charge in [-0.2, -0.15) is 0 Å². The second-order valence-electron chi connectivity index (χ2n) is 15.7. The molecule has 2 saturated carbocycles. The Hall–Kier alpha value is -1.33. The summed E-state index contributed by atoms with van der Waals surface area (Å²) in [6.07, 6.45) is -32.3. The molecule has 0 aromatic rings. The Kier molecular flexibility index (Phi) is 14.6. The standard InChI is InChI=1S/C34H56O22/c1-10(36)49-9-21-25(44)26(45)29(48)33(55-21)52-18-5-12(37)4-17-13(18)6-19(30(51-17)11-2-14(38)22(41)15(39)3-11)53-34-31(27(46)24(43)20(7-35)54-34)56-32-28(47)23(42)16(40)8-50-32/h11-35,37-48H,2-9H2,1H3. The third-order valence-electron chi connectivity index (χ3n) is 11.8.